The number of nitrogens with zero attached hydrogens (tertiary/aromatic N) is 1. The summed E-state index contributed by atoms with van der Waals surface area (Å²) in [5, 5.41) is 3.95. The van der Waals surface area contributed by atoms with Crippen molar-refractivity contribution in [2.75, 3.05) is 5.73 Å². The molecule has 0 amide bonds. The van der Waals surface area contributed by atoms with Gasteiger partial charge in [0.05, 0.1) is 0 Å². The maximum Gasteiger partial charge on any atom is 0.222 e. The molecule has 3 aromatic rings. The molecule has 0 spiro atoms. The average Bonchev–Trinajstić information content (AvgIpc) is 2.87. The van der Waals surface area contributed by atoms with Crippen LogP contribution in [0.15, 0.2) is 59.1 Å². The van der Waals surface area contributed by atoms with Crippen molar-refractivity contribution in [1.29, 1.82) is 0 Å². The van der Waals surface area contributed by atoms with Crippen molar-refractivity contribution in [3.63, 3.8) is 0 Å². The van der Waals surface area contributed by atoms with Crippen LogP contribution in [0.2, 0.25) is 0 Å². The predicted molar refractivity (Wildman–Crippen MR) is 76.5 cm³/mol. The Hall–Kier alpha value is -2.55. The molecule has 3 rings (SSSR count). The Morgan fingerprint density at radius 2 is 1.74 bits per heavy atom. The highest BCUT2D eigenvalue weighted by molar-refractivity contribution is 5.74. The molecule has 19 heavy (non-hydrogen) atoms. The second kappa shape index (κ2) is 4.61. The quantitative estimate of drug-likeness (QED) is 0.750. The Morgan fingerprint density at radius 1 is 0.947 bits per heavy atom. The molecule has 2 N–H and O–H groups in total. The summed E-state index contributed by atoms with van der Waals surface area (Å²) in [6.45, 7) is 2.10. The lowest BCUT2D eigenvalue weighted by atomic mass is 9.97. The van der Waals surface area contributed by atoms with Crippen molar-refractivity contribution >= 4 is 5.88 Å². The number of nitrogens with two attached hydrogens (primary N) is 1. The van der Waals surface area contributed by atoms with Crippen LogP contribution in [0.4, 0.5) is 5.88 Å². The molecular formula is C16H14N2O. The van der Waals surface area contributed by atoms with E-state index in [1.54, 1.807) is 6.07 Å². The molecule has 0 fully saturated rings. The van der Waals surface area contributed by atoms with Crippen LogP contribution in [0.1, 0.15) is 5.56 Å². The van der Waals surface area contributed by atoms with Crippen LogP contribution >= 0.6 is 0 Å². The maximum atomic E-state index is 5.57. The largest absolute Gasteiger partial charge is 0.368 e. The fraction of sp³-hybridized carbons (Fsp3) is 0.0625. The van der Waals surface area contributed by atoms with Gasteiger partial charge < -0.3 is 10.3 Å². The summed E-state index contributed by atoms with van der Waals surface area (Å²) in [6, 6.07) is 18.3. The fourth-order valence-electron chi connectivity index (χ4n) is 2.14. The summed E-state index contributed by atoms with van der Waals surface area (Å²) in [5.41, 5.74) is 10.9. The Labute approximate surface area is 111 Å². The summed E-state index contributed by atoms with van der Waals surface area (Å²) in [6.07, 6.45) is 0. The van der Waals surface area contributed by atoms with Crippen LogP contribution in [0.25, 0.3) is 22.4 Å². The molecule has 0 saturated carbocycles. The molecule has 0 atom stereocenters. The third-order valence-corrected chi connectivity index (χ3v) is 3.15. The highest BCUT2D eigenvalue weighted by Crippen LogP contribution is 2.29. The van der Waals surface area contributed by atoms with Gasteiger partial charge in [0.2, 0.25) is 5.88 Å². The zero-order valence-corrected chi connectivity index (χ0v) is 10.6. The first-order chi connectivity index (χ1) is 9.24. The maximum absolute atomic E-state index is 5.57. The van der Waals surface area contributed by atoms with Gasteiger partial charge in [-0.25, -0.2) is 0 Å². The lowest BCUT2D eigenvalue weighted by Gasteiger charge is -2.07. The third-order valence-electron chi connectivity index (χ3n) is 3.15. The van der Waals surface area contributed by atoms with Gasteiger partial charge in [0.1, 0.15) is 5.69 Å². The SMILES string of the molecule is Cc1ccc(-c2cc(N)on2)cc1-c1ccccc1. The number of anilines is 1. The van der Waals surface area contributed by atoms with Gasteiger partial charge in [-0.1, -0.05) is 47.6 Å². The smallest absolute Gasteiger partial charge is 0.222 e. The first-order valence-electron chi connectivity index (χ1n) is 6.13. The van der Waals surface area contributed by atoms with Gasteiger partial charge in [-0.15, -0.1) is 0 Å². The molecule has 0 saturated heterocycles. The lowest BCUT2D eigenvalue weighted by Crippen LogP contribution is -1.85. The number of aryl methyl sites for hydroxylation is 1. The van der Waals surface area contributed by atoms with Crippen LogP contribution in [0.5, 0.6) is 0 Å². The summed E-state index contributed by atoms with van der Waals surface area (Å²) >= 11 is 0. The minimum atomic E-state index is 0.330. The summed E-state index contributed by atoms with van der Waals surface area (Å²) < 4.78 is 4.92. The van der Waals surface area contributed by atoms with Crippen molar-refractivity contribution in [3.05, 3.63) is 60.2 Å². The Bertz CT molecular complexity index is 702. The summed E-state index contributed by atoms with van der Waals surface area (Å²) in [7, 11) is 0. The van der Waals surface area contributed by atoms with E-state index in [2.05, 4.69) is 36.3 Å². The average molecular weight is 250 g/mol. The second-order valence-electron chi connectivity index (χ2n) is 4.51. The van der Waals surface area contributed by atoms with Gasteiger partial charge in [0.15, 0.2) is 0 Å². The molecule has 0 radical (unpaired) electrons. The first kappa shape index (κ1) is 11.5. The van der Waals surface area contributed by atoms with Crippen molar-refractivity contribution in [2.45, 2.75) is 6.92 Å². The van der Waals surface area contributed by atoms with Gasteiger partial charge in [0.25, 0.3) is 0 Å². The molecule has 0 aliphatic carbocycles. The van der Waals surface area contributed by atoms with Crippen molar-refractivity contribution in [1.82, 2.24) is 5.16 Å². The van der Waals surface area contributed by atoms with Crippen molar-refractivity contribution < 1.29 is 4.52 Å². The predicted octanol–water partition coefficient (Wildman–Crippen LogP) is 3.90. The highest BCUT2D eigenvalue weighted by atomic mass is 16.5. The number of rotatable bonds is 2. The van der Waals surface area contributed by atoms with Gasteiger partial charge >= 0.3 is 0 Å². The number of nitrogen functional groups attached to an aromatic ring is 1. The van der Waals surface area contributed by atoms with E-state index in [0.717, 1.165) is 11.3 Å². The van der Waals surface area contributed by atoms with E-state index in [-0.39, 0.29) is 0 Å². The van der Waals surface area contributed by atoms with Gasteiger partial charge in [-0.3, -0.25) is 0 Å². The molecule has 2 aromatic carbocycles. The second-order valence-corrected chi connectivity index (χ2v) is 4.51. The van der Waals surface area contributed by atoms with Crippen LogP contribution in [-0.4, -0.2) is 5.16 Å². The zero-order chi connectivity index (χ0) is 13.2. The molecule has 1 heterocycles. The minimum Gasteiger partial charge on any atom is -0.368 e. The monoisotopic (exact) mass is 250 g/mol. The van der Waals surface area contributed by atoms with Crippen LogP contribution in [0, 0.1) is 6.92 Å². The number of hydrogen-bond donors (Lipinski definition) is 1. The Kier molecular flexibility index (Phi) is 2.80. The van der Waals surface area contributed by atoms with Crippen LogP contribution in [0.3, 0.4) is 0 Å². The zero-order valence-electron chi connectivity index (χ0n) is 10.6. The van der Waals surface area contributed by atoms with E-state index in [1.807, 2.05) is 24.3 Å². The molecule has 94 valence electrons. The van der Waals surface area contributed by atoms with Gasteiger partial charge in [-0.2, -0.15) is 0 Å². The minimum absolute atomic E-state index is 0.330. The molecule has 3 heteroatoms. The lowest BCUT2D eigenvalue weighted by molar-refractivity contribution is 0.439. The number of aromatic nitrogens is 1. The van der Waals surface area contributed by atoms with E-state index in [0.29, 0.717) is 5.88 Å². The molecule has 0 aliphatic rings. The van der Waals surface area contributed by atoms with E-state index in [4.69, 9.17) is 10.3 Å². The fourth-order valence-corrected chi connectivity index (χ4v) is 2.14. The molecule has 0 bridgehead atoms. The molecule has 3 nitrogen and oxygen atoms in total. The normalized spacial score (nSPS) is 10.6. The van der Waals surface area contributed by atoms with E-state index in [1.165, 1.54) is 16.7 Å². The standard InChI is InChI=1S/C16H14N2O/c1-11-7-8-13(15-10-16(17)19-18-15)9-14(11)12-5-3-2-4-6-12/h2-10H,17H2,1H3. The molecular weight excluding hydrogens is 236 g/mol. The van der Waals surface area contributed by atoms with Gasteiger partial charge in [-0.05, 0) is 29.7 Å². The topological polar surface area (TPSA) is 52.0 Å². The highest BCUT2D eigenvalue weighted by Gasteiger charge is 2.08. The number of benzene rings is 2. The van der Waals surface area contributed by atoms with Crippen LogP contribution < -0.4 is 5.73 Å². The van der Waals surface area contributed by atoms with Crippen LogP contribution in [-0.2, 0) is 0 Å². The van der Waals surface area contributed by atoms with E-state index < -0.39 is 0 Å². The summed E-state index contributed by atoms with van der Waals surface area (Å²) in [4.78, 5) is 0. The molecule has 1 aromatic heterocycles. The molecule has 0 unspecified atom stereocenters. The Morgan fingerprint density at radius 3 is 2.42 bits per heavy atom. The Balaban J connectivity index is 2.11. The number of hydrogen-bond acceptors (Lipinski definition) is 3. The molecule has 0 aliphatic heterocycles. The van der Waals surface area contributed by atoms with Crippen molar-refractivity contribution in [3.8, 4) is 22.4 Å². The third kappa shape index (κ3) is 2.22. The summed E-state index contributed by atoms with van der Waals surface area (Å²) in [5.74, 6) is 0.330. The first-order valence-corrected chi connectivity index (χ1v) is 6.13. The van der Waals surface area contributed by atoms with Crippen molar-refractivity contribution in [2.24, 2.45) is 0 Å². The van der Waals surface area contributed by atoms with Gasteiger partial charge in [0, 0.05) is 11.6 Å². The van der Waals surface area contributed by atoms with E-state index in [9.17, 15) is 0 Å². The van der Waals surface area contributed by atoms with E-state index >= 15 is 0 Å².